The molecular weight excluding hydrogens is 1330 g/mol. The van der Waals surface area contributed by atoms with Gasteiger partial charge in [-0.05, 0) is 154 Å². The minimum atomic E-state index is -5.01. The lowest BCUT2D eigenvalue weighted by Gasteiger charge is -2.21. The van der Waals surface area contributed by atoms with Crippen LogP contribution in [0.5, 0.6) is 0 Å². The zero-order valence-electron chi connectivity index (χ0n) is 63.7. The number of hydrogen-bond donors (Lipinski definition) is 3. The van der Waals surface area contributed by atoms with E-state index in [9.17, 15) is 43.2 Å². The summed E-state index contributed by atoms with van der Waals surface area (Å²) in [6.07, 6.45) is 83.0. The summed E-state index contributed by atoms with van der Waals surface area (Å²) in [6.45, 7) is 4.63. The summed E-state index contributed by atoms with van der Waals surface area (Å²) in [4.78, 5) is 72.9. The number of unbranched alkanes of at least 4 members (excludes halogenated alkanes) is 26. The van der Waals surface area contributed by atoms with Crippen LogP contribution in [-0.2, 0) is 65.4 Å². The Morgan fingerprint density at radius 1 is 0.284 bits per heavy atom. The zero-order chi connectivity index (χ0) is 74.6. The molecule has 584 valence electrons. The molecule has 0 fully saturated rings. The van der Waals surface area contributed by atoms with E-state index in [1.807, 2.05) is 24.3 Å². The summed E-state index contributed by atoms with van der Waals surface area (Å²) in [7, 11) is -10.00. The number of aliphatic hydroxyl groups is 1. The number of carbonyl (C=O) groups is 4. The average molecular weight is 1470 g/mol. The van der Waals surface area contributed by atoms with Crippen LogP contribution < -0.4 is 0 Å². The Balaban J connectivity index is 5.48. The van der Waals surface area contributed by atoms with Gasteiger partial charge in [-0.1, -0.05) is 264 Å². The van der Waals surface area contributed by atoms with Crippen LogP contribution in [0.15, 0.2) is 134 Å². The molecule has 0 bridgehead atoms. The third-order valence-corrected chi connectivity index (χ3v) is 18.0. The van der Waals surface area contributed by atoms with Crippen molar-refractivity contribution in [3.63, 3.8) is 0 Å². The van der Waals surface area contributed by atoms with Gasteiger partial charge in [-0.25, -0.2) is 9.13 Å². The molecule has 3 N–H and O–H groups in total. The van der Waals surface area contributed by atoms with E-state index in [1.54, 1.807) is 0 Å². The highest BCUT2D eigenvalue weighted by Gasteiger charge is 2.30. The van der Waals surface area contributed by atoms with Crippen molar-refractivity contribution in [3.8, 4) is 0 Å². The molecule has 0 spiro atoms. The number of hydrogen-bond acceptors (Lipinski definition) is 15. The molecule has 19 heteroatoms. The molecule has 0 aromatic carbocycles. The summed E-state index contributed by atoms with van der Waals surface area (Å²) in [5, 5.41) is 10.6. The zero-order valence-corrected chi connectivity index (χ0v) is 65.5. The second-order valence-electron chi connectivity index (χ2n) is 26.0. The second-order valence-corrected chi connectivity index (χ2v) is 28.9. The van der Waals surface area contributed by atoms with Crippen LogP contribution >= 0.6 is 15.6 Å². The van der Waals surface area contributed by atoms with Crippen molar-refractivity contribution in [2.75, 3.05) is 39.6 Å². The van der Waals surface area contributed by atoms with Gasteiger partial charge in [-0.3, -0.25) is 37.3 Å². The Bertz CT molecular complexity index is 2460. The van der Waals surface area contributed by atoms with E-state index in [2.05, 4.69) is 137 Å². The van der Waals surface area contributed by atoms with E-state index in [0.29, 0.717) is 38.5 Å². The molecule has 0 saturated heterocycles. The summed E-state index contributed by atoms with van der Waals surface area (Å²) in [6, 6.07) is 0. The van der Waals surface area contributed by atoms with Crippen molar-refractivity contribution in [2.45, 2.75) is 329 Å². The first-order chi connectivity index (χ1) is 49.7. The molecule has 2 unspecified atom stereocenters. The van der Waals surface area contributed by atoms with Gasteiger partial charge in [0.05, 0.1) is 26.4 Å². The Labute approximate surface area is 618 Å². The van der Waals surface area contributed by atoms with Crippen LogP contribution in [0.25, 0.3) is 0 Å². The van der Waals surface area contributed by atoms with Crippen LogP contribution in [0.2, 0.25) is 0 Å². The summed E-state index contributed by atoms with van der Waals surface area (Å²) in [5.74, 6) is -2.33. The summed E-state index contributed by atoms with van der Waals surface area (Å²) in [5.41, 5.74) is 0. The highest BCUT2D eigenvalue weighted by atomic mass is 31.2. The number of esters is 4. The molecule has 0 rings (SSSR count). The first kappa shape index (κ1) is 97.2. The van der Waals surface area contributed by atoms with Gasteiger partial charge >= 0.3 is 39.5 Å². The lowest BCUT2D eigenvalue weighted by atomic mass is 10.1. The van der Waals surface area contributed by atoms with Gasteiger partial charge in [-0.2, -0.15) is 0 Å². The maximum Gasteiger partial charge on any atom is 0.472 e. The molecule has 0 aliphatic carbocycles. The predicted octanol–water partition coefficient (Wildman–Crippen LogP) is 22.9. The Morgan fingerprint density at radius 3 is 0.873 bits per heavy atom. The van der Waals surface area contributed by atoms with Gasteiger partial charge in [0.1, 0.15) is 19.3 Å². The molecule has 0 amide bonds. The topological polar surface area (TPSA) is 237 Å². The van der Waals surface area contributed by atoms with Crippen LogP contribution in [0.4, 0.5) is 0 Å². The fourth-order valence-corrected chi connectivity index (χ4v) is 11.6. The molecule has 0 heterocycles. The number of phosphoric acid groups is 2. The maximum absolute atomic E-state index is 13.1. The largest absolute Gasteiger partial charge is 0.472 e. The van der Waals surface area contributed by atoms with Crippen molar-refractivity contribution in [1.29, 1.82) is 0 Å². The SMILES string of the molecule is CCCCC/C=C\C/C=C\C/C=C\C/C=C\CCCC(=O)OC[C@H](COP(=O)(O)OC[C@H](O)COP(=O)(O)OC[C@@H](COC(=O)CCCCCCC/C=C\C=C/CCCCCC)OC(=O)CCCCCCC/C=C\CCCCCC)OC(=O)CCC/C=C\C/C=C\C/C=C\C/C=C\CCCCC. The van der Waals surface area contributed by atoms with E-state index in [-0.39, 0.29) is 25.7 Å². The van der Waals surface area contributed by atoms with Crippen molar-refractivity contribution in [1.82, 2.24) is 0 Å². The van der Waals surface area contributed by atoms with Crippen LogP contribution in [0.3, 0.4) is 0 Å². The van der Waals surface area contributed by atoms with Crippen LogP contribution in [-0.4, -0.2) is 96.7 Å². The van der Waals surface area contributed by atoms with Crippen molar-refractivity contribution < 1.29 is 80.2 Å². The van der Waals surface area contributed by atoms with Crippen molar-refractivity contribution >= 4 is 39.5 Å². The Kier molecular flexibility index (Phi) is 71.0. The Morgan fingerprint density at radius 2 is 0.520 bits per heavy atom. The van der Waals surface area contributed by atoms with E-state index in [1.165, 1.54) is 89.9 Å². The molecule has 0 aliphatic heterocycles. The average Bonchev–Trinajstić information content (AvgIpc) is 0.959. The number of carbonyl (C=O) groups excluding carboxylic acids is 4. The van der Waals surface area contributed by atoms with Crippen LogP contribution in [0.1, 0.15) is 310 Å². The van der Waals surface area contributed by atoms with Gasteiger partial charge < -0.3 is 33.8 Å². The first-order valence-corrected chi connectivity index (χ1v) is 42.4. The normalized spacial score (nSPS) is 14.6. The molecule has 0 saturated carbocycles. The molecule has 0 aromatic rings. The van der Waals surface area contributed by atoms with E-state index >= 15 is 0 Å². The molecular formula is C83H140O17P2. The molecule has 102 heavy (non-hydrogen) atoms. The second kappa shape index (κ2) is 74.5. The van der Waals surface area contributed by atoms with E-state index in [0.717, 1.165) is 128 Å². The molecule has 17 nitrogen and oxygen atoms in total. The molecule has 0 aromatic heterocycles. The number of phosphoric ester groups is 2. The molecule has 0 aliphatic rings. The van der Waals surface area contributed by atoms with Crippen molar-refractivity contribution in [2.24, 2.45) is 0 Å². The smallest absolute Gasteiger partial charge is 0.462 e. The van der Waals surface area contributed by atoms with Crippen molar-refractivity contribution in [3.05, 3.63) is 134 Å². The van der Waals surface area contributed by atoms with Gasteiger partial charge in [0, 0.05) is 25.7 Å². The highest BCUT2D eigenvalue weighted by Crippen LogP contribution is 2.45. The fraction of sp³-hybridized carbons (Fsp3) is 0.687. The van der Waals surface area contributed by atoms with Gasteiger partial charge in [-0.15, -0.1) is 0 Å². The number of allylic oxidation sites excluding steroid dienone is 22. The minimum Gasteiger partial charge on any atom is -0.462 e. The van der Waals surface area contributed by atoms with Gasteiger partial charge in [0.2, 0.25) is 0 Å². The monoisotopic (exact) mass is 1470 g/mol. The molecule has 5 atom stereocenters. The first-order valence-electron chi connectivity index (χ1n) is 39.4. The highest BCUT2D eigenvalue weighted by molar-refractivity contribution is 7.47. The maximum atomic E-state index is 13.1. The van der Waals surface area contributed by atoms with E-state index in [4.69, 9.17) is 37.0 Å². The minimum absolute atomic E-state index is 0.00390. The third-order valence-electron chi connectivity index (χ3n) is 16.1. The number of ether oxygens (including phenoxy) is 4. The third kappa shape index (κ3) is 73.5. The Hall–Kier alpha value is -4.80. The van der Waals surface area contributed by atoms with Gasteiger partial charge in [0.15, 0.2) is 12.2 Å². The lowest BCUT2D eigenvalue weighted by Crippen LogP contribution is -2.30. The fourth-order valence-electron chi connectivity index (χ4n) is 10.0. The van der Waals surface area contributed by atoms with E-state index < -0.39 is 97.5 Å². The predicted molar refractivity (Wildman–Crippen MR) is 418 cm³/mol. The lowest BCUT2D eigenvalue weighted by molar-refractivity contribution is -0.161. The standard InChI is InChI=1S/C83H140O17P2/c1-5-9-13-17-21-25-29-33-36-38-41-45-48-52-56-60-64-68-81(86)94-74-79(100-83(88)70-66-62-58-54-50-46-42-39-37-34-30-26-22-18-14-10-6-2)76-98-102(91,92)96-72-77(84)71-95-101(89,90)97-75-78(99-82(87)69-65-61-57-53-49-43-32-28-24-20-16-12-8-4)73-93-80(85)67-63-59-55-51-47-44-40-35-31-27-23-19-15-11-7-3/h21-22,25-28,31-37,40-42,45-46,52,54,56,58,77-79,84H,5-20,23-24,29-30,38-39,43-44,47-51,53,55,57,59-76H2,1-4H3,(H,89,90)(H,91,92)/b25-21-,26-22-,31-27-,32-28-,36-33-,37-34-,40-35-,45-41-,46-42-,56-52-,58-54-/t77-,78-,79-/m1/s1. The summed E-state index contributed by atoms with van der Waals surface area (Å²) < 4.78 is 68.4. The van der Waals surface area contributed by atoms with Gasteiger partial charge in [0.25, 0.3) is 0 Å². The molecule has 0 radical (unpaired) electrons. The summed E-state index contributed by atoms with van der Waals surface area (Å²) >= 11 is 0. The van der Waals surface area contributed by atoms with Crippen LogP contribution in [0, 0.1) is 0 Å². The quantitative estimate of drug-likeness (QED) is 0.0128. The number of aliphatic hydroxyl groups excluding tert-OH is 1. The number of rotatable bonds is 73.